The molecule has 0 spiro atoms. The van der Waals surface area contributed by atoms with E-state index in [0.717, 1.165) is 5.56 Å². The molecule has 1 heterocycles. The number of carbonyl (C=O) groups is 2. The number of hydrogen-bond acceptors (Lipinski definition) is 5. The largest absolute Gasteiger partial charge is 0.493 e. The van der Waals surface area contributed by atoms with Crippen LogP contribution in [0.2, 0.25) is 0 Å². The summed E-state index contributed by atoms with van der Waals surface area (Å²) in [4.78, 5) is 28.7. The number of hydrogen-bond donors (Lipinski definition) is 2. The molecule has 7 nitrogen and oxygen atoms in total. The van der Waals surface area contributed by atoms with E-state index in [4.69, 9.17) is 9.47 Å². The fourth-order valence-corrected chi connectivity index (χ4v) is 2.43. The molecule has 0 fully saturated rings. The van der Waals surface area contributed by atoms with Crippen LogP contribution < -0.4 is 20.1 Å². The van der Waals surface area contributed by atoms with Crippen molar-refractivity contribution in [1.29, 1.82) is 0 Å². The van der Waals surface area contributed by atoms with Crippen LogP contribution in [0.15, 0.2) is 48.8 Å². The molecule has 1 aromatic heterocycles. The lowest BCUT2D eigenvalue weighted by molar-refractivity contribution is -0.131. The summed E-state index contributed by atoms with van der Waals surface area (Å²) in [5, 5.41) is 5.55. The second kappa shape index (κ2) is 10.2. The van der Waals surface area contributed by atoms with E-state index >= 15 is 0 Å². The second-order valence-corrected chi connectivity index (χ2v) is 6.31. The second-order valence-electron chi connectivity index (χ2n) is 6.31. The average Bonchev–Trinajstić information content (AvgIpc) is 2.69. The van der Waals surface area contributed by atoms with Crippen LogP contribution in [0, 0.1) is 5.92 Å². The maximum absolute atomic E-state index is 12.5. The molecule has 2 N–H and O–H groups in total. The summed E-state index contributed by atoms with van der Waals surface area (Å²) in [6.07, 6.45) is 3.36. The predicted molar refractivity (Wildman–Crippen MR) is 101 cm³/mol. The third kappa shape index (κ3) is 6.29. The molecule has 27 heavy (non-hydrogen) atoms. The van der Waals surface area contributed by atoms with Gasteiger partial charge in [0.1, 0.15) is 6.04 Å². The highest BCUT2D eigenvalue weighted by Crippen LogP contribution is 2.25. The molecule has 0 aliphatic heterocycles. The smallest absolute Gasteiger partial charge is 0.258 e. The van der Waals surface area contributed by atoms with Gasteiger partial charge in [0.15, 0.2) is 18.1 Å². The van der Waals surface area contributed by atoms with Crippen molar-refractivity contribution in [2.24, 2.45) is 5.92 Å². The van der Waals surface area contributed by atoms with Gasteiger partial charge in [0, 0.05) is 18.9 Å². The molecule has 0 saturated carbocycles. The number of ether oxygens (including phenoxy) is 2. The van der Waals surface area contributed by atoms with Gasteiger partial charge in [-0.15, -0.1) is 0 Å². The molecule has 2 aromatic rings. The van der Waals surface area contributed by atoms with E-state index in [2.05, 4.69) is 15.6 Å². The van der Waals surface area contributed by atoms with Crippen molar-refractivity contribution >= 4 is 11.8 Å². The molecule has 2 rings (SSSR count). The van der Waals surface area contributed by atoms with Crippen molar-refractivity contribution in [3.63, 3.8) is 0 Å². The van der Waals surface area contributed by atoms with E-state index in [0.29, 0.717) is 18.0 Å². The summed E-state index contributed by atoms with van der Waals surface area (Å²) in [6, 6.07) is 10.1. The topological polar surface area (TPSA) is 89.5 Å². The Balaban J connectivity index is 1.88. The third-order valence-electron chi connectivity index (χ3n) is 3.88. The van der Waals surface area contributed by atoms with Crippen LogP contribution in [0.3, 0.4) is 0 Å². The fraction of sp³-hybridized carbons (Fsp3) is 0.350. The number of carbonyl (C=O) groups excluding carboxylic acids is 2. The Morgan fingerprint density at radius 3 is 2.48 bits per heavy atom. The van der Waals surface area contributed by atoms with Gasteiger partial charge in [0.05, 0.1) is 7.11 Å². The minimum atomic E-state index is -0.657. The summed E-state index contributed by atoms with van der Waals surface area (Å²) in [7, 11) is 1.53. The Morgan fingerprint density at radius 1 is 1.11 bits per heavy atom. The van der Waals surface area contributed by atoms with E-state index in [1.165, 1.54) is 7.11 Å². The van der Waals surface area contributed by atoms with E-state index in [1.807, 2.05) is 26.0 Å². The Bertz CT molecular complexity index is 750. The molecule has 1 atom stereocenters. The van der Waals surface area contributed by atoms with Gasteiger partial charge in [-0.25, -0.2) is 0 Å². The Labute approximate surface area is 159 Å². The highest BCUT2D eigenvalue weighted by molar-refractivity contribution is 5.88. The first-order chi connectivity index (χ1) is 13.0. The molecule has 0 bridgehead atoms. The molecule has 0 radical (unpaired) electrons. The van der Waals surface area contributed by atoms with Crippen LogP contribution in [0.5, 0.6) is 11.5 Å². The van der Waals surface area contributed by atoms with E-state index in [9.17, 15) is 9.59 Å². The van der Waals surface area contributed by atoms with Crippen molar-refractivity contribution in [1.82, 2.24) is 15.6 Å². The van der Waals surface area contributed by atoms with Gasteiger partial charge in [-0.3, -0.25) is 14.6 Å². The molecule has 1 aromatic carbocycles. The number of aromatic nitrogens is 1. The fourth-order valence-electron chi connectivity index (χ4n) is 2.43. The first kappa shape index (κ1) is 20.2. The summed E-state index contributed by atoms with van der Waals surface area (Å²) in [5.74, 6) is 0.307. The summed E-state index contributed by atoms with van der Waals surface area (Å²) in [5.41, 5.74) is 0.888. The van der Waals surface area contributed by atoms with Gasteiger partial charge >= 0.3 is 0 Å². The van der Waals surface area contributed by atoms with Crippen LogP contribution in [-0.2, 0) is 16.1 Å². The highest BCUT2D eigenvalue weighted by Gasteiger charge is 2.24. The van der Waals surface area contributed by atoms with Crippen LogP contribution >= 0.6 is 0 Å². The number of pyridine rings is 1. The van der Waals surface area contributed by atoms with Crippen molar-refractivity contribution in [2.45, 2.75) is 26.4 Å². The third-order valence-corrected chi connectivity index (χ3v) is 3.88. The Morgan fingerprint density at radius 2 is 1.85 bits per heavy atom. The van der Waals surface area contributed by atoms with E-state index in [1.54, 1.807) is 36.7 Å². The SMILES string of the molecule is COc1ccccc1OCC(=O)N[C@@H](C(=O)NCc1cccnc1)C(C)C. The van der Waals surface area contributed by atoms with Gasteiger partial charge in [0.2, 0.25) is 5.91 Å². The zero-order valence-electron chi connectivity index (χ0n) is 15.8. The number of nitrogens with zero attached hydrogens (tertiary/aromatic N) is 1. The van der Waals surface area contributed by atoms with Gasteiger partial charge in [-0.2, -0.15) is 0 Å². The molecule has 0 aliphatic rings. The minimum Gasteiger partial charge on any atom is -0.493 e. The highest BCUT2D eigenvalue weighted by atomic mass is 16.5. The van der Waals surface area contributed by atoms with Crippen LogP contribution in [0.4, 0.5) is 0 Å². The van der Waals surface area contributed by atoms with Crippen LogP contribution in [0.25, 0.3) is 0 Å². The molecular formula is C20H25N3O4. The van der Waals surface area contributed by atoms with Gasteiger partial charge in [-0.05, 0) is 29.7 Å². The van der Waals surface area contributed by atoms with Crippen molar-refractivity contribution in [3.8, 4) is 11.5 Å². The van der Waals surface area contributed by atoms with Gasteiger partial charge in [0.25, 0.3) is 5.91 Å². The van der Waals surface area contributed by atoms with Crippen molar-refractivity contribution in [3.05, 3.63) is 54.4 Å². The number of rotatable bonds is 9. The quantitative estimate of drug-likeness (QED) is 0.703. The van der Waals surface area contributed by atoms with Gasteiger partial charge < -0.3 is 20.1 Å². The monoisotopic (exact) mass is 371 g/mol. The van der Waals surface area contributed by atoms with E-state index in [-0.39, 0.29) is 24.3 Å². The first-order valence-electron chi connectivity index (χ1n) is 8.73. The summed E-state index contributed by atoms with van der Waals surface area (Å²) in [6.45, 7) is 3.88. The normalized spacial score (nSPS) is 11.6. The molecular weight excluding hydrogens is 346 g/mol. The summed E-state index contributed by atoms with van der Waals surface area (Å²) >= 11 is 0. The Kier molecular flexibility index (Phi) is 7.61. The number of para-hydroxylation sites is 2. The maximum Gasteiger partial charge on any atom is 0.258 e. The lowest BCUT2D eigenvalue weighted by atomic mass is 10.0. The zero-order chi connectivity index (χ0) is 19.6. The molecule has 0 aliphatic carbocycles. The number of nitrogens with one attached hydrogen (secondary N) is 2. The molecule has 0 unspecified atom stereocenters. The maximum atomic E-state index is 12.5. The molecule has 0 saturated heterocycles. The molecule has 7 heteroatoms. The Hall–Kier alpha value is -3.09. The number of amides is 2. The van der Waals surface area contributed by atoms with Gasteiger partial charge in [-0.1, -0.05) is 32.0 Å². The minimum absolute atomic E-state index is 0.0749. The summed E-state index contributed by atoms with van der Waals surface area (Å²) < 4.78 is 10.7. The average molecular weight is 371 g/mol. The molecule has 144 valence electrons. The standard InChI is InChI=1S/C20H25N3O4/c1-14(2)19(20(25)22-12-15-7-6-10-21-11-15)23-18(24)13-27-17-9-5-4-8-16(17)26-3/h4-11,14,19H,12-13H2,1-3H3,(H,22,25)(H,23,24)/t19-/m1/s1. The van der Waals surface area contributed by atoms with Crippen LogP contribution in [-0.4, -0.2) is 36.6 Å². The van der Waals surface area contributed by atoms with Crippen LogP contribution in [0.1, 0.15) is 19.4 Å². The van der Waals surface area contributed by atoms with Crippen molar-refractivity contribution < 1.29 is 19.1 Å². The van der Waals surface area contributed by atoms with E-state index < -0.39 is 6.04 Å². The van der Waals surface area contributed by atoms with Crippen molar-refractivity contribution in [2.75, 3.05) is 13.7 Å². The lowest BCUT2D eigenvalue weighted by Gasteiger charge is -2.22. The number of methoxy groups -OCH3 is 1. The number of benzene rings is 1. The first-order valence-corrected chi connectivity index (χ1v) is 8.73. The predicted octanol–water partition coefficient (Wildman–Crippen LogP) is 1.93. The lowest BCUT2D eigenvalue weighted by Crippen LogP contribution is -2.50. The zero-order valence-corrected chi connectivity index (χ0v) is 15.8. The molecule has 2 amide bonds.